The molecule has 0 atom stereocenters. The minimum absolute atomic E-state index is 0.436. The van der Waals surface area contributed by atoms with Crippen molar-refractivity contribution in [2.75, 3.05) is 0 Å². The Bertz CT molecular complexity index is 441. The number of benzene rings is 1. The van der Waals surface area contributed by atoms with Crippen LogP contribution in [0.2, 0.25) is 6.55 Å². The Labute approximate surface area is 124 Å². The highest BCUT2D eigenvalue weighted by molar-refractivity contribution is 6.80. The lowest BCUT2D eigenvalue weighted by Crippen LogP contribution is -2.58. The summed E-state index contributed by atoms with van der Waals surface area (Å²) in [5, 5.41) is 1.10. The molecular weight excluding hydrogens is 264 g/mol. The number of hydrogen-bond donors (Lipinski definition) is 0. The van der Waals surface area contributed by atoms with Crippen molar-refractivity contribution in [3.63, 3.8) is 0 Å². The third-order valence-electron chi connectivity index (χ3n) is 3.20. The van der Waals surface area contributed by atoms with E-state index in [1.165, 1.54) is 0 Å². The first-order valence-electron chi connectivity index (χ1n) is 6.87. The molecule has 0 aliphatic rings. The fourth-order valence-corrected chi connectivity index (χ4v) is 5.22. The molecular formula is C17H26O2Si. The molecule has 110 valence electrons. The fourth-order valence-electron chi connectivity index (χ4n) is 1.97. The maximum absolute atomic E-state index is 6.35. The molecule has 0 unspecified atom stereocenters. The summed E-state index contributed by atoms with van der Waals surface area (Å²) in [4.78, 5) is 0. The van der Waals surface area contributed by atoms with Crippen LogP contribution in [0.1, 0.15) is 27.7 Å². The molecule has 2 nitrogen and oxygen atoms in total. The standard InChI is InChI=1S/C17H26O2Si/c1-8-16(3,4)18-20(7,19-17(5,6)9-2)15-13-11-10-12-14-15/h8-14H,1-2H2,3-7H3. The van der Waals surface area contributed by atoms with Crippen molar-refractivity contribution in [3.8, 4) is 0 Å². The Kier molecular flexibility index (Phi) is 5.14. The van der Waals surface area contributed by atoms with Crippen LogP contribution in [0.4, 0.5) is 0 Å². The van der Waals surface area contributed by atoms with Crippen molar-refractivity contribution in [2.45, 2.75) is 45.4 Å². The highest BCUT2D eigenvalue weighted by Gasteiger charge is 2.42. The smallest absolute Gasteiger partial charge is 0.370 e. The molecule has 0 heterocycles. The summed E-state index contributed by atoms with van der Waals surface area (Å²) in [6.45, 7) is 17.8. The van der Waals surface area contributed by atoms with Crippen molar-refractivity contribution < 1.29 is 8.85 Å². The third-order valence-corrected chi connectivity index (χ3v) is 6.41. The third kappa shape index (κ3) is 4.44. The van der Waals surface area contributed by atoms with Gasteiger partial charge in [0, 0.05) is 0 Å². The van der Waals surface area contributed by atoms with Crippen molar-refractivity contribution in [2.24, 2.45) is 0 Å². The lowest BCUT2D eigenvalue weighted by Gasteiger charge is -2.39. The summed E-state index contributed by atoms with van der Waals surface area (Å²) in [6.07, 6.45) is 3.62. The van der Waals surface area contributed by atoms with E-state index in [4.69, 9.17) is 8.85 Å². The van der Waals surface area contributed by atoms with E-state index in [0.717, 1.165) is 5.19 Å². The SMILES string of the molecule is C=CC(C)(C)O[Si](C)(OC(C)(C)C=C)c1ccccc1. The van der Waals surface area contributed by atoms with E-state index < -0.39 is 19.8 Å². The normalized spacial score (nSPS) is 13.1. The predicted octanol–water partition coefficient (Wildman–Crippen LogP) is 3.93. The minimum Gasteiger partial charge on any atom is -0.382 e. The molecule has 0 fully saturated rings. The summed E-state index contributed by atoms with van der Waals surface area (Å²) in [5.41, 5.74) is -0.873. The molecule has 1 aromatic carbocycles. The molecule has 0 aromatic heterocycles. The lowest BCUT2D eigenvalue weighted by atomic mass is 10.1. The Morgan fingerprint density at radius 3 is 1.65 bits per heavy atom. The van der Waals surface area contributed by atoms with Crippen LogP contribution >= 0.6 is 0 Å². The van der Waals surface area contributed by atoms with E-state index in [-0.39, 0.29) is 0 Å². The van der Waals surface area contributed by atoms with Gasteiger partial charge in [-0.1, -0.05) is 42.5 Å². The summed E-state index contributed by atoms with van der Waals surface area (Å²) < 4.78 is 12.7. The quantitative estimate of drug-likeness (QED) is 0.559. The van der Waals surface area contributed by atoms with Gasteiger partial charge in [0.1, 0.15) is 0 Å². The second-order valence-electron chi connectivity index (χ2n) is 6.13. The first-order valence-corrected chi connectivity index (χ1v) is 9.19. The summed E-state index contributed by atoms with van der Waals surface area (Å²) >= 11 is 0. The van der Waals surface area contributed by atoms with Crippen LogP contribution in [0.3, 0.4) is 0 Å². The second kappa shape index (κ2) is 6.08. The highest BCUT2D eigenvalue weighted by Crippen LogP contribution is 2.25. The molecule has 20 heavy (non-hydrogen) atoms. The molecule has 3 heteroatoms. The summed E-state index contributed by atoms with van der Waals surface area (Å²) in [7, 11) is -2.58. The van der Waals surface area contributed by atoms with E-state index in [1.807, 2.05) is 58.0 Å². The molecule has 0 amide bonds. The summed E-state index contributed by atoms with van der Waals surface area (Å²) in [5.74, 6) is 0. The Hall–Kier alpha value is -1.16. The Morgan fingerprint density at radius 2 is 1.30 bits per heavy atom. The molecule has 0 saturated carbocycles. The maximum atomic E-state index is 6.35. The summed E-state index contributed by atoms with van der Waals surface area (Å²) in [6, 6.07) is 10.1. The van der Waals surface area contributed by atoms with Gasteiger partial charge in [-0.2, -0.15) is 0 Å². The van der Waals surface area contributed by atoms with E-state index in [9.17, 15) is 0 Å². The monoisotopic (exact) mass is 290 g/mol. The predicted molar refractivity (Wildman–Crippen MR) is 88.4 cm³/mol. The lowest BCUT2D eigenvalue weighted by molar-refractivity contribution is 0.0515. The van der Waals surface area contributed by atoms with Crippen molar-refractivity contribution in [1.82, 2.24) is 0 Å². The molecule has 0 bridgehead atoms. The molecule has 0 saturated heterocycles. The number of hydrogen-bond acceptors (Lipinski definition) is 2. The zero-order valence-electron chi connectivity index (χ0n) is 13.3. The molecule has 0 aliphatic heterocycles. The minimum atomic E-state index is -2.58. The van der Waals surface area contributed by atoms with E-state index >= 15 is 0 Å². The molecule has 0 radical (unpaired) electrons. The van der Waals surface area contributed by atoms with Gasteiger partial charge in [0.15, 0.2) is 0 Å². The van der Waals surface area contributed by atoms with Gasteiger partial charge in [-0.15, -0.1) is 13.2 Å². The van der Waals surface area contributed by atoms with E-state index in [2.05, 4.69) is 31.8 Å². The first kappa shape index (κ1) is 16.9. The Balaban J connectivity index is 3.19. The maximum Gasteiger partial charge on any atom is 0.370 e. The zero-order chi connectivity index (χ0) is 15.4. The highest BCUT2D eigenvalue weighted by atomic mass is 28.4. The Morgan fingerprint density at radius 1 is 0.900 bits per heavy atom. The fraction of sp³-hybridized carbons (Fsp3) is 0.412. The van der Waals surface area contributed by atoms with Crippen LogP contribution in [0.25, 0.3) is 0 Å². The van der Waals surface area contributed by atoms with Crippen LogP contribution in [0.15, 0.2) is 55.6 Å². The van der Waals surface area contributed by atoms with Crippen LogP contribution in [-0.2, 0) is 8.85 Å². The van der Waals surface area contributed by atoms with Crippen LogP contribution in [0, 0.1) is 0 Å². The molecule has 0 spiro atoms. The zero-order valence-corrected chi connectivity index (χ0v) is 14.3. The second-order valence-corrected chi connectivity index (χ2v) is 9.01. The van der Waals surface area contributed by atoms with Gasteiger partial charge in [-0.25, -0.2) is 0 Å². The van der Waals surface area contributed by atoms with Crippen LogP contribution in [0.5, 0.6) is 0 Å². The first-order chi connectivity index (χ1) is 9.14. The van der Waals surface area contributed by atoms with Gasteiger partial charge in [0.25, 0.3) is 0 Å². The number of rotatable bonds is 7. The van der Waals surface area contributed by atoms with Gasteiger partial charge in [0.2, 0.25) is 0 Å². The van der Waals surface area contributed by atoms with Crippen molar-refractivity contribution in [3.05, 3.63) is 55.6 Å². The molecule has 0 N–H and O–H groups in total. The van der Waals surface area contributed by atoms with Crippen molar-refractivity contribution in [1.29, 1.82) is 0 Å². The van der Waals surface area contributed by atoms with Crippen molar-refractivity contribution >= 4 is 13.7 Å². The molecule has 0 aliphatic carbocycles. The molecule has 1 aromatic rings. The van der Waals surface area contributed by atoms with Gasteiger partial charge < -0.3 is 8.85 Å². The average molecular weight is 290 g/mol. The van der Waals surface area contributed by atoms with E-state index in [1.54, 1.807) is 0 Å². The largest absolute Gasteiger partial charge is 0.382 e. The van der Waals surface area contributed by atoms with Crippen LogP contribution in [-0.4, -0.2) is 19.8 Å². The van der Waals surface area contributed by atoms with Gasteiger partial charge in [0.05, 0.1) is 11.2 Å². The van der Waals surface area contributed by atoms with E-state index in [0.29, 0.717) is 0 Å². The van der Waals surface area contributed by atoms with Gasteiger partial charge >= 0.3 is 8.56 Å². The average Bonchev–Trinajstić information content (AvgIpc) is 2.38. The topological polar surface area (TPSA) is 18.5 Å². The van der Waals surface area contributed by atoms with Crippen LogP contribution < -0.4 is 5.19 Å². The van der Waals surface area contributed by atoms with Gasteiger partial charge in [-0.05, 0) is 39.4 Å². The van der Waals surface area contributed by atoms with Gasteiger partial charge in [-0.3, -0.25) is 0 Å². The molecule has 1 rings (SSSR count).